The third-order valence-electron chi connectivity index (χ3n) is 5.40. The zero-order valence-corrected chi connectivity index (χ0v) is 15.6. The number of halogens is 2. The topological polar surface area (TPSA) is 40.7 Å². The van der Waals surface area contributed by atoms with Crippen LogP contribution in [-0.2, 0) is 4.74 Å². The summed E-state index contributed by atoms with van der Waals surface area (Å²) in [6.45, 7) is 5.69. The second-order valence-electron chi connectivity index (χ2n) is 7.40. The molecule has 0 aliphatic carbocycles. The number of piperidine rings is 1. The van der Waals surface area contributed by atoms with Gasteiger partial charge in [0.05, 0.1) is 19.8 Å². The minimum Gasteiger partial charge on any atom is -0.494 e. The molecule has 0 atom stereocenters. The van der Waals surface area contributed by atoms with Gasteiger partial charge >= 0.3 is 0 Å². The number of nitrogens with zero attached hydrogens (tertiary/aromatic N) is 2. The highest BCUT2D eigenvalue weighted by Crippen LogP contribution is 2.28. The fourth-order valence-electron chi connectivity index (χ4n) is 3.74. The predicted octanol–water partition coefficient (Wildman–Crippen LogP) is 3.50. The van der Waals surface area contributed by atoms with Gasteiger partial charge in [0.1, 0.15) is 11.6 Å². The SMILES string of the molecule is FC1(F)CCN(CCCOc2ccc3[nH]c(N4CCOCC4)cc3c2)CC1. The first-order chi connectivity index (χ1) is 13.1. The number of aromatic amines is 1. The van der Waals surface area contributed by atoms with E-state index >= 15 is 0 Å². The summed E-state index contributed by atoms with van der Waals surface area (Å²) in [6, 6.07) is 8.23. The standard InChI is InChI=1S/C20H27F2N3O2/c21-20(22)4-7-24(8-5-20)6-1-11-27-17-2-3-18-16(14-17)15-19(23-18)25-9-12-26-13-10-25/h2-3,14-15,23H,1,4-13H2. The van der Waals surface area contributed by atoms with Gasteiger partial charge in [-0.05, 0) is 30.7 Å². The smallest absolute Gasteiger partial charge is 0.250 e. The van der Waals surface area contributed by atoms with E-state index in [1.165, 1.54) is 0 Å². The molecule has 2 saturated heterocycles. The molecule has 0 unspecified atom stereocenters. The van der Waals surface area contributed by atoms with Crippen molar-refractivity contribution in [2.24, 2.45) is 0 Å². The van der Waals surface area contributed by atoms with Crippen molar-refractivity contribution in [3.05, 3.63) is 24.3 Å². The Labute approximate surface area is 158 Å². The molecule has 0 saturated carbocycles. The third kappa shape index (κ3) is 4.71. The van der Waals surface area contributed by atoms with Gasteiger partial charge in [0.25, 0.3) is 5.92 Å². The van der Waals surface area contributed by atoms with Crippen molar-refractivity contribution in [2.45, 2.75) is 25.2 Å². The molecule has 2 aliphatic rings. The van der Waals surface area contributed by atoms with Crippen LogP contribution < -0.4 is 9.64 Å². The average molecular weight is 379 g/mol. The van der Waals surface area contributed by atoms with Crippen molar-refractivity contribution >= 4 is 16.7 Å². The van der Waals surface area contributed by atoms with Crippen molar-refractivity contribution in [2.75, 3.05) is 57.4 Å². The van der Waals surface area contributed by atoms with Gasteiger partial charge in [0.15, 0.2) is 0 Å². The minimum absolute atomic E-state index is 0.0243. The number of morpholine rings is 1. The van der Waals surface area contributed by atoms with Gasteiger partial charge in [-0.2, -0.15) is 0 Å². The van der Waals surface area contributed by atoms with E-state index in [4.69, 9.17) is 9.47 Å². The van der Waals surface area contributed by atoms with E-state index in [2.05, 4.69) is 26.9 Å². The maximum Gasteiger partial charge on any atom is 0.250 e. The van der Waals surface area contributed by atoms with Gasteiger partial charge in [-0.3, -0.25) is 0 Å². The summed E-state index contributed by atoms with van der Waals surface area (Å²) in [5, 5.41) is 1.13. The first kappa shape index (κ1) is 18.5. The first-order valence-corrected chi connectivity index (χ1v) is 9.78. The Balaban J connectivity index is 1.26. The molecule has 3 heterocycles. The molecule has 7 heteroatoms. The molecule has 0 amide bonds. The highest BCUT2D eigenvalue weighted by molar-refractivity contribution is 5.85. The molecule has 5 nitrogen and oxygen atoms in total. The van der Waals surface area contributed by atoms with Crippen LogP contribution in [-0.4, -0.2) is 68.4 Å². The number of anilines is 1. The lowest BCUT2D eigenvalue weighted by molar-refractivity contribution is -0.0554. The number of likely N-dealkylation sites (tertiary alicyclic amines) is 1. The second kappa shape index (κ2) is 8.02. The Bertz CT molecular complexity index is 749. The van der Waals surface area contributed by atoms with E-state index in [9.17, 15) is 8.78 Å². The van der Waals surface area contributed by atoms with Gasteiger partial charge in [-0.15, -0.1) is 0 Å². The molecule has 2 aliphatic heterocycles. The maximum absolute atomic E-state index is 13.2. The van der Waals surface area contributed by atoms with Crippen molar-refractivity contribution in [1.82, 2.24) is 9.88 Å². The molecule has 27 heavy (non-hydrogen) atoms. The summed E-state index contributed by atoms with van der Waals surface area (Å²) in [5.41, 5.74) is 1.10. The lowest BCUT2D eigenvalue weighted by atomic mass is 10.1. The monoisotopic (exact) mass is 379 g/mol. The fraction of sp³-hybridized carbons (Fsp3) is 0.600. The normalized spacial score (nSPS) is 20.9. The second-order valence-corrected chi connectivity index (χ2v) is 7.40. The quantitative estimate of drug-likeness (QED) is 0.780. The highest BCUT2D eigenvalue weighted by atomic mass is 19.3. The van der Waals surface area contributed by atoms with Gasteiger partial charge in [0, 0.05) is 56.5 Å². The lowest BCUT2D eigenvalue weighted by Gasteiger charge is -2.31. The predicted molar refractivity (Wildman–Crippen MR) is 102 cm³/mol. The molecule has 2 fully saturated rings. The molecule has 1 aromatic heterocycles. The van der Waals surface area contributed by atoms with E-state index in [-0.39, 0.29) is 12.8 Å². The van der Waals surface area contributed by atoms with Crippen LogP contribution in [0.5, 0.6) is 5.75 Å². The third-order valence-corrected chi connectivity index (χ3v) is 5.40. The molecule has 148 valence electrons. The number of alkyl halides is 2. The van der Waals surface area contributed by atoms with E-state index in [1.807, 2.05) is 12.1 Å². The Morgan fingerprint density at radius 3 is 2.63 bits per heavy atom. The molecule has 1 N–H and O–H groups in total. The maximum atomic E-state index is 13.2. The summed E-state index contributed by atoms with van der Waals surface area (Å²) in [7, 11) is 0. The van der Waals surface area contributed by atoms with Crippen molar-refractivity contribution in [1.29, 1.82) is 0 Å². The highest BCUT2D eigenvalue weighted by Gasteiger charge is 2.33. The Morgan fingerprint density at radius 2 is 1.85 bits per heavy atom. The van der Waals surface area contributed by atoms with Crippen LogP contribution in [0.2, 0.25) is 0 Å². The minimum atomic E-state index is -2.47. The van der Waals surface area contributed by atoms with E-state index in [0.29, 0.717) is 19.7 Å². The first-order valence-electron chi connectivity index (χ1n) is 9.78. The lowest BCUT2D eigenvalue weighted by Crippen LogP contribution is -2.40. The molecular formula is C20H27F2N3O2. The number of nitrogens with one attached hydrogen (secondary N) is 1. The van der Waals surface area contributed by atoms with Crippen LogP contribution in [0.1, 0.15) is 19.3 Å². The number of hydrogen-bond donors (Lipinski definition) is 1. The summed E-state index contributed by atoms with van der Waals surface area (Å²) in [5.74, 6) is -0.508. The number of benzene rings is 1. The number of rotatable bonds is 6. The van der Waals surface area contributed by atoms with Crippen LogP contribution in [0, 0.1) is 0 Å². The summed E-state index contributed by atoms with van der Waals surface area (Å²) in [4.78, 5) is 7.86. The van der Waals surface area contributed by atoms with E-state index in [1.54, 1.807) is 0 Å². The van der Waals surface area contributed by atoms with Gasteiger partial charge in [-0.1, -0.05) is 0 Å². The Morgan fingerprint density at radius 1 is 1.07 bits per heavy atom. The average Bonchev–Trinajstić information content (AvgIpc) is 3.10. The zero-order valence-electron chi connectivity index (χ0n) is 15.6. The summed E-state index contributed by atoms with van der Waals surface area (Å²) < 4.78 is 37.6. The van der Waals surface area contributed by atoms with Gasteiger partial charge in [-0.25, -0.2) is 8.78 Å². The van der Waals surface area contributed by atoms with Crippen LogP contribution in [0.25, 0.3) is 10.9 Å². The number of aromatic nitrogens is 1. The van der Waals surface area contributed by atoms with Crippen LogP contribution in [0.15, 0.2) is 24.3 Å². The van der Waals surface area contributed by atoms with Gasteiger partial charge < -0.3 is 24.3 Å². The van der Waals surface area contributed by atoms with Crippen molar-refractivity contribution in [3.8, 4) is 5.75 Å². The fourth-order valence-corrected chi connectivity index (χ4v) is 3.74. The van der Waals surface area contributed by atoms with Crippen molar-refractivity contribution < 1.29 is 18.3 Å². The number of hydrogen-bond acceptors (Lipinski definition) is 4. The van der Waals surface area contributed by atoms with E-state index in [0.717, 1.165) is 61.7 Å². The molecule has 1 aromatic carbocycles. The largest absolute Gasteiger partial charge is 0.494 e. The van der Waals surface area contributed by atoms with Gasteiger partial charge in [0.2, 0.25) is 0 Å². The molecule has 0 spiro atoms. The zero-order chi connectivity index (χ0) is 18.7. The molecular weight excluding hydrogens is 352 g/mol. The number of ether oxygens (including phenoxy) is 2. The summed E-state index contributed by atoms with van der Waals surface area (Å²) >= 11 is 0. The van der Waals surface area contributed by atoms with Crippen molar-refractivity contribution in [3.63, 3.8) is 0 Å². The number of H-pyrrole nitrogens is 1. The van der Waals surface area contributed by atoms with E-state index < -0.39 is 5.92 Å². The van der Waals surface area contributed by atoms with Crippen LogP contribution >= 0.6 is 0 Å². The molecule has 2 aromatic rings. The Hall–Kier alpha value is -1.86. The molecule has 4 rings (SSSR count). The Kier molecular flexibility index (Phi) is 5.50. The van der Waals surface area contributed by atoms with Crippen LogP contribution in [0.4, 0.5) is 14.6 Å². The number of fused-ring (bicyclic) bond motifs is 1. The molecule has 0 bridgehead atoms. The summed E-state index contributed by atoms with van der Waals surface area (Å²) in [6.07, 6.45) is 0.794. The van der Waals surface area contributed by atoms with Crippen LogP contribution in [0.3, 0.4) is 0 Å². The molecule has 0 radical (unpaired) electrons.